The van der Waals surface area contributed by atoms with Gasteiger partial charge in [-0.1, -0.05) is 18.5 Å². The lowest BCUT2D eigenvalue weighted by Crippen LogP contribution is -2.32. The summed E-state index contributed by atoms with van der Waals surface area (Å²) in [6.45, 7) is 3.64. The predicted molar refractivity (Wildman–Crippen MR) is 65.0 cm³/mol. The number of halogens is 1. The first-order chi connectivity index (χ1) is 7.67. The Bertz CT molecular complexity index is 337. The minimum atomic E-state index is 0.0481. The van der Waals surface area contributed by atoms with Crippen LogP contribution < -0.4 is 0 Å². The Hall–Kier alpha value is -0.900. The molecule has 0 heterocycles. The molecule has 3 nitrogen and oxygen atoms in total. The van der Waals surface area contributed by atoms with Crippen molar-refractivity contribution in [2.24, 2.45) is 0 Å². The normalized spacial score (nSPS) is 10.8. The fourth-order valence-corrected chi connectivity index (χ4v) is 1.55. The molecule has 1 rings (SSSR count). The molecule has 0 aliphatic heterocycles. The molecule has 0 fully saturated rings. The maximum absolute atomic E-state index is 11.8. The van der Waals surface area contributed by atoms with E-state index in [0.29, 0.717) is 23.7 Å². The van der Waals surface area contributed by atoms with Gasteiger partial charge < -0.3 is 5.11 Å². The Labute approximate surface area is 101 Å². The van der Waals surface area contributed by atoms with Gasteiger partial charge in [0.05, 0.1) is 13.2 Å². The summed E-state index contributed by atoms with van der Waals surface area (Å²) in [6, 6.07) is 6.85. The third-order valence-electron chi connectivity index (χ3n) is 2.40. The van der Waals surface area contributed by atoms with Crippen molar-refractivity contribution >= 4 is 17.4 Å². The number of rotatable bonds is 6. The number of aliphatic hydroxyl groups excluding tert-OH is 1. The van der Waals surface area contributed by atoms with Gasteiger partial charge in [0, 0.05) is 17.1 Å². The molecule has 0 radical (unpaired) electrons. The number of nitrogens with zero attached hydrogens (tertiary/aromatic N) is 1. The zero-order valence-corrected chi connectivity index (χ0v) is 10.1. The molecular formula is C12H16ClNO2. The number of Topliss-reactive ketones (excluding diaryl/α,β-unsaturated/α-hetero) is 1. The largest absolute Gasteiger partial charge is 0.395 e. The fraction of sp³-hybridized carbons (Fsp3) is 0.417. The topological polar surface area (TPSA) is 40.5 Å². The van der Waals surface area contributed by atoms with Gasteiger partial charge in [0.15, 0.2) is 5.78 Å². The summed E-state index contributed by atoms with van der Waals surface area (Å²) in [5.41, 5.74) is 0.654. The molecule has 0 unspecified atom stereocenters. The molecule has 0 saturated heterocycles. The van der Waals surface area contributed by atoms with Crippen LogP contribution in [0, 0.1) is 0 Å². The second kappa shape index (κ2) is 6.63. The molecule has 4 heteroatoms. The Morgan fingerprint density at radius 3 is 2.50 bits per heavy atom. The van der Waals surface area contributed by atoms with Crippen molar-refractivity contribution in [1.29, 1.82) is 0 Å². The second-order valence-electron chi connectivity index (χ2n) is 3.52. The van der Waals surface area contributed by atoms with Gasteiger partial charge >= 0.3 is 0 Å². The Morgan fingerprint density at radius 1 is 1.38 bits per heavy atom. The molecule has 0 aliphatic carbocycles. The van der Waals surface area contributed by atoms with Gasteiger partial charge in [-0.2, -0.15) is 0 Å². The highest BCUT2D eigenvalue weighted by Gasteiger charge is 2.10. The molecule has 1 N–H and O–H groups in total. The molecule has 0 bridgehead atoms. The predicted octanol–water partition coefficient (Wildman–Crippen LogP) is 1.84. The molecule has 0 spiro atoms. The third kappa shape index (κ3) is 3.93. The number of aliphatic hydroxyl groups is 1. The van der Waals surface area contributed by atoms with E-state index in [9.17, 15) is 4.79 Å². The molecule has 0 saturated carbocycles. The first kappa shape index (κ1) is 13.2. The SMILES string of the molecule is CCN(CCO)CC(=O)c1ccc(Cl)cc1. The molecule has 0 atom stereocenters. The highest BCUT2D eigenvalue weighted by Crippen LogP contribution is 2.10. The fourth-order valence-electron chi connectivity index (χ4n) is 1.42. The van der Waals surface area contributed by atoms with Gasteiger partial charge in [-0.25, -0.2) is 0 Å². The first-order valence-corrected chi connectivity index (χ1v) is 5.67. The highest BCUT2D eigenvalue weighted by molar-refractivity contribution is 6.30. The van der Waals surface area contributed by atoms with E-state index in [2.05, 4.69) is 0 Å². The standard InChI is InChI=1S/C12H16ClNO2/c1-2-14(7-8-15)9-12(16)10-3-5-11(13)6-4-10/h3-6,15H,2,7-9H2,1H3. The van der Waals surface area contributed by atoms with Crippen molar-refractivity contribution in [1.82, 2.24) is 4.90 Å². The van der Waals surface area contributed by atoms with E-state index in [-0.39, 0.29) is 12.4 Å². The van der Waals surface area contributed by atoms with Crippen molar-refractivity contribution in [3.63, 3.8) is 0 Å². The Kier molecular flexibility index (Phi) is 5.46. The van der Waals surface area contributed by atoms with E-state index in [4.69, 9.17) is 16.7 Å². The molecule has 16 heavy (non-hydrogen) atoms. The summed E-state index contributed by atoms with van der Waals surface area (Å²) in [5.74, 6) is 0.0481. The van der Waals surface area contributed by atoms with Crippen LogP contribution in [0.5, 0.6) is 0 Å². The Balaban J connectivity index is 2.60. The van der Waals surface area contributed by atoms with Gasteiger partial charge in [0.1, 0.15) is 0 Å². The van der Waals surface area contributed by atoms with E-state index in [0.717, 1.165) is 6.54 Å². The van der Waals surface area contributed by atoms with Gasteiger partial charge in [-0.3, -0.25) is 9.69 Å². The van der Waals surface area contributed by atoms with Crippen LogP contribution in [0.4, 0.5) is 0 Å². The van der Waals surface area contributed by atoms with E-state index in [1.54, 1.807) is 24.3 Å². The molecule has 0 amide bonds. The maximum Gasteiger partial charge on any atom is 0.176 e. The van der Waals surface area contributed by atoms with Crippen LogP contribution in [-0.2, 0) is 0 Å². The monoisotopic (exact) mass is 241 g/mol. The highest BCUT2D eigenvalue weighted by atomic mass is 35.5. The number of carbonyl (C=O) groups excluding carboxylic acids is 1. The van der Waals surface area contributed by atoms with E-state index >= 15 is 0 Å². The second-order valence-corrected chi connectivity index (χ2v) is 3.96. The summed E-state index contributed by atoms with van der Waals surface area (Å²) in [7, 11) is 0. The molecule has 1 aromatic rings. The van der Waals surface area contributed by atoms with Crippen LogP contribution in [0.2, 0.25) is 5.02 Å². The average molecular weight is 242 g/mol. The zero-order chi connectivity index (χ0) is 12.0. The van der Waals surface area contributed by atoms with E-state index < -0.39 is 0 Å². The third-order valence-corrected chi connectivity index (χ3v) is 2.65. The minimum absolute atomic E-state index is 0.0481. The minimum Gasteiger partial charge on any atom is -0.395 e. The first-order valence-electron chi connectivity index (χ1n) is 5.29. The molecule has 0 aliphatic rings. The van der Waals surface area contributed by atoms with Crippen LogP contribution >= 0.6 is 11.6 Å². The van der Waals surface area contributed by atoms with Crippen molar-refractivity contribution < 1.29 is 9.90 Å². The molecule has 1 aromatic carbocycles. The van der Waals surface area contributed by atoms with Crippen molar-refractivity contribution in [3.8, 4) is 0 Å². The van der Waals surface area contributed by atoms with Gasteiger partial charge in [-0.15, -0.1) is 0 Å². The lowest BCUT2D eigenvalue weighted by molar-refractivity contribution is 0.0919. The number of hydrogen-bond donors (Lipinski definition) is 1. The number of hydrogen-bond acceptors (Lipinski definition) is 3. The smallest absolute Gasteiger partial charge is 0.176 e. The van der Waals surface area contributed by atoms with Gasteiger partial charge in [0.25, 0.3) is 0 Å². The lowest BCUT2D eigenvalue weighted by atomic mass is 10.1. The average Bonchev–Trinajstić information content (AvgIpc) is 2.29. The lowest BCUT2D eigenvalue weighted by Gasteiger charge is -2.17. The van der Waals surface area contributed by atoms with E-state index in [1.807, 2.05) is 11.8 Å². The summed E-state index contributed by atoms with van der Waals surface area (Å²) >= 11 is 5.74. The van der Waals surface area contributed by atoms with Crippen LogP contribution in [0.25, 0.3) is 0 Å². The molecular weight excluding hydrogens is 226 g/mol. The Morgan fingerprint density at radius 2 is 2.00 bits per heavy atom. The summed E-state index contributed by atoms with van der Waals surface area (Å²) in [4.78, 5) is 13.7. The quantitative estimate of drug-likeness (QED) is 0.773. The molecule has 0 aromatic heterocycles. The summed E-state index contributed by atoms with van der Waals surface area (Å²) < 4.78 is 0. The zero-order valence-electron chi connectivity index (χ0n) is 9.32. The molecule has 88 valence electrons. The van der Waals surface area contributed by atoms with E-state index in [1.165, 1.54) is 0 Å². The van der Waals surface area contributed by atoms with Crippen molar-refractivity contribution in [2.45, 2.75) is 6.92 Å². The summed E-state index contributed by atoms with van der Waals surface area (Å²) in [5, 5.41) is 9.44. The number of benzene rings is 1. The number of ketones is 1. The van der Waals surface area contributed by atoms with Crippen LogP contribution in [0.3, 0.4) is 0 Å². The van der Waals surface area contributed by atoms with Gasteiger partial charge in [0.2, 0.25) is 0 Å². The number of carbonyl (C=O) groups is 1. The van der Waals surface area contributed by atoms with Crippen LogP contribution in [-0.4, -0.2) is 42.0 Å². The van der Waals surface area contributed by atoms with Gasteiger partial charge in [-0.05, 0) is 30.8 Å². The van der Waals surface area contributed by atoms with Crippen LogP contribution in [0.15, 0.2) is 24.3 Å². The van der Waals surface area contributed by atoms with Crippen molar-refractivity contribution in [2.75, 3.05) is 26.2 Å². The number of likely N-dealkylation sites (N-methyl/N-ethyl adjacent to an activating group) is 1. The van der Waals surface area contributed by atoms with Crippen LogP contribution in [0.1, 0.15) is 17.3 Å². The maximum atomic E-state index is 11.8. The van der Waals surface area contributed by atoms with Crippen molar-refractivity contribution in [3.05, 3.63) is 34.9 Å². The summed E-state index contributed by atoms with van der Waals surface area (Å²) in [6.07, 6.45) is 0.